The van der Waals surface area contributed by atoms with Gasteiger partial charge in [0.1, 0.15) is 11.5 Å². The highest BCUT2D eigenvalue weighted by molar-refractivity contribution is 5.70. The first-order chi connectivity index (χ1) is 23.4. The Balaban J connectivity index is 1.50. The highest BCUT2D eigenvalue weighted by Crippen LogP contribution is 2.56. The SMILES string of the molecule is COc1ccc2cc1Oc1ccc(cc1)C[C@H]1c3cc(c(CO)cc3CCN1C)Oc1c(OC)c(OC)c(OC)c3c1[C@H](C2)N(C)CC3. The minimum Gasteiger partial charge on any atom is -0.493 e. The van der Waals surface area contributed by atoms with Crippen LogP contribution in [0.25, 0.3) is 0 Å². The Bertz CT molecular complexity index is 1820. The highest BCUT2D eigenvalue weighted by Gasteiger charge is 2.37. The van der Waals surface area contributed by atoms with Crippen LogP contribution in [0.5, 0.6) is 46.0 Å². The molecular weight excluding hydrogens is 608 g/mol. The van der Waals surface area contributed by atoms with Gasteiger partial charge in [-0.3, -0.25) is 9.80 Å². The molecule has 4 aromatic rings. The zero-order valence-electron chi connectivity index (χ0n) is 28.6. The minimum absolute atomic E-state index is 0.106. The molecule has 0 amide bonds. The van der Waals surface area contributed by atoms with Gasteiger partial charge in [-0.2, -0.15) is 0 Å². The largest absolute Gasteiger partial charge is 0.493 e. The Morgan fingerprint density at radius 1 is 0.708 bits per heavy atom. The number of hydrogen-bond acceptors (Lipinski definition) is 9. The van der Waals surface area contributed by atoms with Crippen molar-refractivity contribution in [1.82, 2.24) is 9.80 Å². The standard InChI is InChI=1S/C39H44N2O7/c1-40-15-13-25-20-26(22-42)33-21-29(25)30(40)17-23-7-10-27(11-8-23)47-34-19-24(9-12-32(34)43-3)18-31-35-28(14-16-41(31)2)36(44-4)38(45-5)39(46-6)37(35)48-33/h7-12,19-21,30-31,42H,13-18,22H2,1-6H3/t30-,31-/m0/s1. The molecule has 8 rings (SSSR count). The fourth-order valence-corrected chi connectivity index (χ4v) is 7.63. The van der Waals surface area contributed by atoms with E-state index in [2.05, 4.69) is 60.3 Å². The van der Waals surface area contributed by atoms with Gasteiger partial charge in [-0.25, -0.2) is 0 Å². The molecule has 9 nitrogen and oxygen atoms in total. The Labute approximate surface area is 282 Å². The van der Waals surface area contributed by atoms with Crippen molar-refractivity contribution in [2.45, 2.75) is 44.4 Å². The number of rotatable bonds is 5. The average Bonchev–Trinajstić information content (AvgIpc) is 3.10. The van der Waals surface area contributed by atoms with Gasteiger partial charge >= 0.3 is 0 Å². The Morgan fingerprint density at radius 2 is 1.40 bits per heavy atom. The van der Waals surface area contributed by atoms with Crippen LogP contribution in [-0.2, 0) is 32.3 Å². The van der Waals surface area contributed by atoms with Crippen LogP contribution >= 0.6 is 0 Å². The molecule has 0 aliphatic carbocycles. The Hall–Kier alpha value is -4.44. The Morgan fingerprint density at radius 3 is 2.10 bits per heavy atom. The van der Waals surface area contributed by atoms with Gasteiger partial charge in [-0.1, -0.05) is 18.2 Å². The number of likely N-dealkylation sites (N-methyl/N-ethyl adjacent to an activating group) is 2. The van der Waals surface area contributed by atoms with Gasteiger partial charge in [0.2, 0.25) is 11.5 Å². The first-order valence-corrected chi connectivity index (χ1v) is 16.5. The molecular formula is C39H44N2O7. The summed E-state index contributed by atoms with van der Waals surface area (Å²) in [6.45, 7) is 1.58. The molecule has 1 N–H and O–H groups in total. The van der Waals surface area contributed by atoms with Crippen LogP contribution in [0.2, 0.25) is 0 Å². The lowest BCUT2D eigenvalue weighted by Gasteiger charge is -2.38. The van der Waals surface area contributed by atoms with E-state index in [1.54, 1.807) is 28.4 Å². The van der Waals surface area contributed by atoms with Crippen molar-refractivity contribution in [1.29, 1.82) is 0 Å². The second-order valence-electron chi connectivity index (χ2n) is 12.9. The molecule has 0 fully saturated rings. The number of aliphatic hydroxyl groups excluding tert-OH is 1. The third-order valence-electron chi connectivity index (χ3n) is 10.2. The number of methoxy groups -OCH3 is 4. The molecule has 0 spiro atoms. The predicted molar refractivity (Wildman–Crippen MR) is 184 cm³/mol. The van der Waals surface area contributed by atoms with E-state index in [0.29, 0.717) is 46.7 Å². The smallest absolute Gasteiger partial charge is 0.208 e. The average molecular weight is 653 g/mol. The van der Waals surface area contributed by atoms with Crippen LogP contribution in [-0.4, -0.2) is 70.5 Å². The molecule has 4 heterocycles. The van der Waals surface area contributed by atoms with Crippen molar-refractivity contribution < 1.29 is 33.5 Å². The van der Waals surface area contributed by atoms with Crippen molar-refractivity contribution in [2.75, 3.05) is 55.6 Å². The van der Waals surface area contributed by atoms with Crippen LogP contribution in [0.15, 0.2) is 54.6 Å². The summed E-state index contributed by atoms with van der Waals surface area (Å²) in [6.07, 6.45) is 3.09. The summed E-state index contributed by atoms with van der Waals surface area (Å²) in [4.78, 5) is 4.74. The fraction of sp³-hybridized carbons (Fsp3) is 0.385. The summed E-state index contributed by atoms with van der Waals surface area (Å²) in [6, 6.07) is 18.7. The first kappa shape index (κ1) is 32.1. The van der Waals surface area contributed by atoms with Gasteiger partial charge in [0.05, 0.1) is 35.0 Å². The lowest BCUT2D eigenvalue weighted by molar-refractivity contribution is 0.215. The molecule has 0 saturated carbocycles. The highest BCUT2D eigenvalue weighted by atomic mass is 16.5. The van der Waals surface area contributed by atoms with E-state index in [1.165, 1.54) is 16.7 Å². The van der Waals surface area contributed by atoms with E-state index < -0.39 is 0 Å². The van der Waals surface area contributed by atoms with Crippen molar-refractivity contribution in [3.05, 3.63) is 93.5 Å². The van der Waals surface area contributed by atoms with Gasteiger partial charge < -0.3 is 33.5 Å². The monoisotopic (exact) mass is 652 g/mol. The quantitative estimate of drug-likeness (QED) is 0.255. The maximum Gasteiger partial charge on any atom is 0.208 e. The molecule has 9 heteroatoms. The number of fused-ring (bicyclic) bond motifs is 2. The van der Waals surface area contributed by atoms with Gasteiger partial charge in [-0.15, -0.1) is 0 Å². The van der Waals surface area contributed by atoms with Crippen molar-refractivity contribution >= 4 is 0 Å². The van der Waals surface area contributed by atoms with Gasteiger partial charge in [0.25, 0.3) is 0 Å². The summed E-state index contributed by atoms with van der Waals surface area (Å²) in [5.74, 6) is 4.83. The zero-order valence-corrected chi connectivity index (χ0v) is 28.6. The second-order valence-corrected chi connectivity index (χ2v) is 12.9. The molecule has 0 aromatic heterocycles. The second kappa shape index (κ2) is 13.2. The lowest BCUT2D eigenvalue weighted by Crippen LogP contribution is -2.34. The van der Waals surface area contributed by atoms with Crippen LogP contribution in [0.1, 0.15) is 51.0 Å². The van der Waals surface area contributed by atoms with E-state index >= 15 is 0 Å². The van der Waals surface area contributed by atoms with Crippen LogP contribution < -0.4 is 28.4 Å². The molecule has 48 heavy (non-hydrogen) atoms. The molecule has 252 valence electrons. The molecule has 0 radical (unpaired) electrons. The van der Waals surface area contributed by atoms with Crippen molar-refractivity contribution in [3.63, 3.8) is 0 Å². The molecule has 2 atom stereocenters. The van der Waals surface area contributed by atoms with Crippen molar-refractivity contribution in [3.8, 4) is 46.0 Å². The van der Waals surface area contributed by atoms with Gasteiger partial charge in [0, 0.05) is 41.9 Å². The lowest BCUT2D eigenvalue weighted by atomic mass is 9.86. The third-order valence-corrected chi connectivity index (χ3v) is 10.2. The molecule has 0 saturated heterocycles. The first-order valence-electron chi connectivity index (χ1n) is 16.5. The van der Waals surface area contributed by atoms with E-state index in [-0.39, 0.29) is 18.7 Å². The molecule has 6 bridgehead atoms. The fourth-order valence-electron chi connectivity index (χ4n) is 7.63. The maximum atomic E-state index is 10.7. The molecule has 4 aliphatic rings. The summed E-state index contributed by atoms with van der Waals surface area (Å²) >= 11 is 0. The number of ether oxygens (including phenoxy) is 6. The van der Waals surface area contributed by atoms with E-state index in [0.717, 1.165) is 60.4 Å². The normalized spacial score (nSPS) is 18.9. The minimum atomic E-state index is -0.152. The number of benzene rings is 4. The molecule has 4 aromatic carbocycles. The topological polar surface area (TPSA) is 82.1 Å². The van der Waals surface area contributed by atoms with Crippen LogP contribution in [0.4, 0.5) is 0 Å². The van der Waals surface area contributed by atoms with Crippen molar-refractivity contribution in [2.24, 2.45) is 0 Å². The summed E-state index contributed by atoms with van der Waals surface area (Å²) in [5.41, 5.74) is 7.43. The van der Waals surface area contributed by atoms with E-state index in [1.807, 2.05) is 18.2 Å². The van der Waals surface area contributed by atoms with E-state index in [9.17, 15) is 5.11 Å². The van der Waals surface area contributed by atoms with Crippen LogP contribution in [0.3, 0.4) is 0 Å². The van der Waals surface area contributed by atoms with Gasteiger partial charge in [-0.05, 0) is 98.4 Å². The summed E-state index contributed by atoms with van der Waals surface area (Å²) < 4.78 is 37.3. The third kappa shape index (κ3) is 5.59. The van der Waals surface area contributed by atoms with E-state index in [4.69, 9.17) is 28.4 Å². The summed E-state index contributed by atoms with van der Waals surface area (Å²) in [7, 11) is 10.9. The molecule has 0 unspecified atom stereocenters. The zero-order chi connectivity index (χ0) is 33.5. The maximum absolute atomic E-state index is 10.7. The van der Waals surface area contributed by atoms with Gasteiger partial charge in [0.15, 0.2) is 23.0 Å². The predicted octanol–water partition coefficient (Wildman–Crippen LogP) is 6.65. The summed E-state index contributed by atoms with van der Waals surface area (Å²) in [5, 5.41) is 10.7. The number of hydrogen-bond donors (Lipinski definition) is 1. The molecule has 4 aliphatic heterocycles. The number of nitrogens with zero attached hydrogens (tertiary/aromatic N) is 2. The number of aliphatic hydroxyl groups is 1. The van der Waals surface area contributed by atoms with Crippen LogP contribution in [0, 0.1) is 0 Å². The Kier molecular flexibility index (Phi) is 8.85.